The molecular formula is C34H37N5O4. The zero-order chi connectivity index (χ0) is 30.8. The first-order valence-corrected chi connectivity index (χ1v) is 14.3. The molecule has 4 aromatic rings. The zero-order valence-corrected chi connectivity index (χ0v) is 24.6. The van der Waals surface area contributed by atoms with Gasteiger partial charge in [0.1, 0.15) is 12.3 Å². The molecule has 0 fully saturated rings. The van der Waals surface area contributed by atoms with Crippen LogP contribution in [0, 0.1) is 5.92 Å². The minimum atomic E-state index is -1.03. The minimum Gasteiger partial charge on any atom is -0.351 e. The number of aromatic amines is 1. The number of benzene rings is 3. The van der Waals surface area contributed by atoms with E-state index in [0.717, 1.165) is 22.0 Å². The number of aromatic nitrogens is 2. The summed E-state index contributed by atoms with van der Waals surface area (Å²) < 4.78 is 0. The maximum atomic E-state index is 13.8. The first-order valence-electron chi connectivity index (χ1n) is 14.3. The number of carbonyl (C=O) groups excluding carboxylic acids is 4. The monoisotopic (exact) mass is 579 g/mol. The smallest absolute Gasteiger partial charge is 0.248 e. The van der Waals surface area contributed by atoms with E-state index < -0.39 is 23.9 Å². The maximum Gasteiger partial charge on any atom is 0.248 e. The van der Waals surface area contributed by atoms with Gasteiger partial charge in [-0.05, 0) is 35.4 Å². The molecule has 2 atom stereocenters. The van der Waals surface area contributed by atoms with Crippen molar-refractivity contribution in [1.29, 1.82) is 0 Å². The lowest BCUT2D eigenvalue weighted by Gasteiger charge is -2.23. The normalized spacial score (nSPS) is 12.9. The van der Waals surface area contributed by atoms with Gasteiger partial charge in [-0.2, -0.15) is 0 Å². The molecule has 0 bridgehead atoms. The summed E-state index contributed by atoms with van der Waals surface area (Å²) in [5.41, 5.74) is 2.22. The van der Waals surface area contributed by atoms with Gasteiger partial charge in [0.15, 0.2) is 0 Å². The van der Waals surface area contributed by atoms with Gasteiger partial charge >= 0.3 is 0 Å². The predicted molar refractivity (Wildman–Crippen MR) is 168 cm³/mol. The fourth-order valence-corrected chi connectivity index (χ4v) is 4.88. The minimum absolute atomic E-state index is 0.0940. The van der Waals surface area contributed by atoms with Gasteiger partial charge in [0.25, 0.3) is 0 Å². The largest absolute Gasteiger partial charge is 0.351 e. The van der Waals surface area contributed by atoms with E-state index in [-0.39, 0.29) is 30.2 Å². The molecule has 3 aromatic carbocycles. The van der Waals surface area contributed by atoms with Crippen molar-refractivity contribution in [3.63, 3.8) is 0 Å². The molecule has 0 aliphatic rings. The molecule has 3 amide bonds. The van der Waals surface area contributed by atoms with Gasteiger partial charge < -0.3 is 25.3 Å². The quantitative estimate of drug-likeness (QED) is 0.159. The second kappa shape index (κ2) is 14.7. The summed E-state index contributed by atoms with van der Waals surface area (Å²) in [5.74, 6) is -1.18. The average molecular weight is 580 g/mol. The molecule has 0 radical (unpaired) electrons. The number of imidazole rings is 1. The van der Waals surface area contributed by atoms with Crippen LogP contribution < -0.4 is 15.5 Å². The number of nitrogens with zero attached hydrogens (tertiary/aromatic N) is 2. The molecule has 9 heteroatoms. The van der Waals surface area contributed by atoms with Crippen LogP contribution in [0.3, 0.4) is 0 Å². The van der Waals surface area contributed by atoms with Gasteiger partial charge in [-0.15, -0.1) is 0 Å². The highest BCUT2D eigenvalue weighted by Crippen LogP contribution is 2.27. The standard InChI is InChI=1S/C34H37N5O4/c1-23(2)16-28(21-40)37-34(43)30(19-27-20-35-22-36-27)38-33(42)26(17-24-10-5-4-6-11-24)18-32(41)39(3)31-15-9-13-25-12-7-8-14-29(25)31/h4-15,17,20-23,28,30H,16,18-19H2,1-3H3,(H,35,36)(H,37,43)(H,38,42)/t28-,30-/m0/s1. The summed E-state index contributed by atoms with van der Waals surface area (Å²) in [6, 6.07) is 21.0. The summed E-state index contributed by atoms with van der Waals surface area (Å²) in [6.07, 6.45) is 5.84. The number of anilines is 1. The lowest BCUT2D eigenvalue weighted by molar-refractivity contribution is -0.129. The number of rotatable bonds is 13. The number of H-pyrrole nitrogens is 1. The van der Waals surface area contributed by atoms with Crippen molar-refractivity contribution in [1.82, 2.24) is 20.6 Å². The highest BCUT2D eigenvalue weighted by atomic mass is 16.2. The third kappa shape index (κ3) is 8.48. The first kappa shape index (κ1) is 30.9. The number of nitrogens with one attached hydrogen (secondary N) is 3. The Labute approximate surface area is 251 Å². The van der Waals surface area contributed by atoms with Crippen LogP contribution in [-0.2, 0) is 25.6 Å². The van der Waals surface area contributed by atoms with E-state index in [1.807, 2.05) is 86.6 Å². The van der Waals surface area contributed by atoms with Gasteiger partial charge in [0.2, 0.25) is 17.7 Å². The second-order valence-electron chi connectivity index (χ2n) is 10.9. The van der Waals surface area contributed by atoms with Gasteiger partial charge in [0, 0.05) is 30.6 Å². The van der Waals surface area contributed by atoms with Crippen LogP contribution in [0.2, 0.25) is 0 Å². The highest BCUT2D eigenvalue weighted by molar-refractivity contribution is 6.09. The fourth-order valence-electron chi connectivity index (χ4n) is 4.88. The van der Waals surface area contributed by atoms with Gasteiger partial charge in [-0.25, -0.2) is 4.98 Å². The van der Waals surface area contributed by atoms with E-state index in [0.29, 0.717) is 18.4 Å². The van der Waals surface area contributed by atoms with Crippen molar-refractivity contribution >= 4 is 46.5 Å². The molecule has 0 saturated heterocycles. The summed E-state index contributed by atoms with van der Waals surface area (Å²) >= 11 is 0. The number of amides is 3. The van der Waals surface area contributed by atoms with Gasteiger partial charge in [-0.1, -0.05) is 80.6 Å². The lowest BCUT2D eigenvalue weighted by Crippen LogP contribution is -2.51. The summed E-state index contributed by atoms with van der Waals surface area (Å²) in [4.78, 5) is 61.1. The Bertz CT molecular complexity index is 1580. The number of aldehydes is 1. The lowest BCUT2D eigenvalue weighted by atomic mass is 10.0. The molecule has 0 aliphatic heterocycles. The predicted octanol–water partition coefficient (Wildman–Crippen LogP) is 4.46. The Morgan fingerprint density at radius 2 is 1.67 bits per heavy atom. The second-order valence-corrected chi connectivity index (χ2v) is 10.9. The molecule has 43 heavy (non-hydrogen) atoms. The van der Waals surface area contributed by atoms with Crippen molar-refractivity contribution in [2.45, 2.75) is 45.2 Å². The van der Waals surface area contributed by atoms with E-state index in [1.54, 1.807) is 24.2 Å². The Morgan fingerprint density at radius 1 is 0.953 bits per heavy atom. The number of hydrogen-bond donors (Lipinski definition) is 3. The van der Waals surface area contributed by atoms with Gasteiger partial charge in [-0.3, -0.25) is 14.4 Å². The molecule has 0 unspecified atom stereocenters. The topological polar surface area (TPSA) is 124 Å². The van der Waals surface area contributed by atoms with Crippen LogP contribution in [0.4, 0.5) is 5.69 Å². The number of carbonyl (C=O) groups is 4. The summed E-state index contributed by atoms with van der Waals surface area (Å²) in [6.45, 7) is 3.91. The molecular weight excluding hydrogens is 542 g/mol. The molecule has 9 nitrogen and oxygen atoms in total. The first-order chi connectivity index (χ1) is 20.7. The van der Waals surface area contributed by atoms with E-state index in [4.69, 9.17) is 0 Å². The van der Waals surface area contributed by atoms with Crippen molar-refractivity contribution in [2.75, 3.05) is 11.9 Å². The molecule has 0 spiro atoms. The van der Waals surface area contributed by atoms with Crippen LogP contribution >= 0.6 is 0 Å². The van der Waals surface area contributed by atoms with Crippen molar-refractivity contribution in [2.24, 2.45) is 5.92 Å². The molecule has 4 rings (SSSR count). The third-order valence-corrected chi connectivity index (χ3v) is 7.08. The Hall–Kier alpha value is -5.05. The Balaban J connectivity index is 1.60. The van der Waals surface area contributed by atoms with Crippen molar-refractivity contribution in [3.8, 4) is 0 Å². The average Bonchev–Trinajstić information content (AvgIpc) is 3.52. The summed E-state index contributed by atoms with van der Waals surface area (Å²) in [5, 5.41) is 7.47. The highest BCUT2D eigenvalue weighted by Gasteiger charge is 2.27. The number of hydrogen-bond acceptors (Lipinski definition) is 5. The maximum absolute atomic E-state index is 13.8. The Kier molecular flexibility index (Phi) is 10.6. The van der Waals surface area contributed by atoms with E-state index in [9.17, 15) is 19.2 Å². The molecule has 222 valence electrons. The fraction of sp³-hybridized carbons (Fsp3) is 0.265. The molecule has 1 heterocycles. The van der Waals surface area contributed by atoms with E-state index in [1.165, 1.54) is 6.33 Å². The number of fused-ring (bicyclic) bond motifs is 1. The third-order valence-electron chi connectivity index (χ3n) is 7.08. The van der Waals surface area contributed by atoms with Crippen LogP contribution in [0.1, 0.15) is 37.9 Å². The van der Waals surface area contributed by atoms with E-state index >= 15 is 0 Å². The van der Waals surface area contributed by atoms with E-state index in [2.05, 4.69) is 20.6 Å². The zero-order valence-electron chi connectivity index (χ0n) is 24.6. The molecule has 1 aromatic heterocycles. The summed E-state index contributed by atoms with van der Waals surface area (Å²) in [7, 11) is 1.68. The van der Waals surface area contributed by atoms with Crippen LogP contribution in [0.15, 0.2) is 90.9 Å². The van der Waals surface area contributed by atoms with Crippen LogP contribution in [0.25, 0.3) is 16.8 Å². The van der Waals surface area contributed by atoms with Crippen molar-refractivity contribution in [3.05, 3.63) is 102 Å². The van der Waals surface area contributed by atoms with Crippen LogP contribution in [-0.4, -0.2) is 53.1 Å². The van der Waals surface area contributed by atoms with Crippen LogP contribution in [0.5, 0.6) is 0 Å². The molecule has 3 N–H and O–H groups in total. The Morgan fingerprint density at radius 3 is 2.37 bits per heavy atom. The molecule has 0 aliphatic carbocycles. The molecule has 0 saturated carbocycles. The SMILES string of the molecule is CC(C)C[C@@H](C=O)NC(=O)[C@H](Cc1c[nH]cn1)NC(=O)C(=Cc1ccccc1)CC(=O)N(C)c1cccc2ccccc12. The van der Waals surface area contributed by atoms with Crippen molar-refractivity contribution < 1.29 is 19.2 Å². The van der Waals surface area contributed by atoms with Gasteiger partial charge in [0.05, 0.1) is 30.2 Å².